The van der Waals surface area contributed by atoms with Crippen LogP contribution in [0.2, 0.25) is 0 Å². The summed E-state index contributed by atoms with van der Waals surface area (Å²) >= 11 is 0. The van der Waals surface area contributed by atoms with Crippen molar-refractivity contribution in [3.8, 4) is 28.3 Å². The maximum absolute atomic E-state index is 11.6. The lowest BCUT2D eigenvalue weighted by atomic mass is 10.0. The van der Waals surface area contributed by atoms with Gasteiger partial charge in [0.15, 0.2) is 0 Å². The number of anilines is 9. The Bertz CT molecular complexity index is 2770. The van der Waals surface area contributed by atoms with Crippen LogP contribution >= 0.6 is 0 Å². The van der Waals surface area contributed by atoms with E-state index in [1.807, 2.05) is 48.5 Å². The standard InChI is InChI=1S/C58H42N4O2/c59-42-48(58(63)64)41-43-21-31-53(32-22-43)62(56-37-27-46(28-38-56)44-23-33-54(34-24-44)60(49-13-5-1-6-14-49)50-15-7-2-8-16-50)57-39-29-47(30-40-57)45-25-35-55(36-26-45)61(51-17-9-3-10-18-51)52-19-11-4-12-20-52/h1-41H,(H,63,64)/b48-41+. The molecule has 0 aliphatic rings. The molecule has 0 heterocycles. The minimum absolute atomic E-state index is 0.322. The second-order valence-corrected chi connectivity index (χ2v) is 15.1. The van der Waals surface area contributed by atoms with Crippen LogP contribution in [0.3, 0.4) is 0 Å². The lowest BCUT2D eigenvalue weighted by Crippen LogP contribution is -2.10. The van der Waals surface area contributed by atoms with Crippen molar-refractivity contribution in [3.05, 3.63) is 254 Å². The number of carboxylic acids is 1. The topological polar surface area (TPSA) is 70.8 Å². The van der Waals surface area contributed by atoms with Gasteiger partial charge in [-0.05, 0) is 143 Å². The van der Waals surface area contributed by atoms with Crippen molar-refractivity contribution in [2.45, 2.75) is 0 Å². The van der Waals surface area contributed by atoms with Gasteiger partial charge in [-0.25, -0.2) is 4.79 Å². The molecule has 9 aromatic carbocycles. The van der Waals surface area contributed by atoms with E-state index in [1.165, 1.54) is 6.08 Å². The molecule has 6 heteroatoms. The Labute approximate surface area is 373 Å². The first kappa shape index (κ1) is 40.5. The molecule has 0 aliphatic heterocycles. The third-order valence-electron chi connectivity index (χ3n) is 11.0. The van der Waals surface area contributed by atoms with E-state index in [2.05, 4.69) is 209 Å². The van der Waals surface area contributed by atoms with Crippen LogP contribution in [0.25, 0.3) is 28.3 Å². The van der Waals surface area contributed by atoms with Crippen molar-refractivity contribution in [2.24, 2.45) is 0 Å². The highest BCUT2D eigenvalue weighted by Gasteiger charge is 2.17. The van der Waals surface area contributed by atoms with Gasteiger partial charge in [0, 0.05) is 51.2 Å². The molecule has 0 spiro atoms. The second kappa shape index (κ2) is 18.8. The highest BCUT2D eigenvalue weighted by Crippen LogP contribution is 2.40. The molecule has 0 radical (unpaired) electrons. The molecule has 9 rings (SSSR count). The third kappa shape index (κ3) is 8.91. The Morgan fingerprint density at radius 2 is 0.562 bits per heavy atom. The van der Waals surface area contributed by atoms with Gasteiger partial charge in [0.2, 0.25) is 0 Å². The molecule has 6 nitrogen and oxygen atoms in total. The van der Waals surface area contributed by atoms with E-state index in [1.54, 1.807) is 6.07 Å². The summed E-state index contributed by atoms with van der Waals surface area (Å²) in [5.41, 5.74) is 13.9. The van der Waals surface area contributed by atoms with Crippen LogP contribution < -0.4 is 14.7 Å². The second-order valence-electron chi connectivity index (χ2n) is 15.1. The molecule has 64 heavy (non-hydrogen) atoms. The summed E-state index contributed by atoms with van der Waals surface area (Å²) in [6.07, 6.45) is 1.38. The molecule has 1 N–H and O–H groups in total. The zero-order chi connectivity index (χ0) is 43.7. The summed E-state index contributed by atoms with van der Waals surface area (Å²) < 4.78 is 0. The highest BCUT2D eigenvalue weighted by molar-refractivity contribution is 5.96. The highest BCUT2D eigenvalue weighted by atomic mass is 16.4. The Morgan fingerprint density at radius 3 is 0.781 bits per heavy atom. The lowest BCUT2D eigenvalue weighted by molar-refractivity contribution is -0.132. The normalized spacial score (nSPS) is 11.0. The first-order chi connectivity index (χ1) is 31.5. The van der Waals surface area contributed by atoms with E-state index < -0.39 is 5.97 Å². The summed E-state index contributed by atoms with van der Waals surface area (Å²) in [5.74, 6) is -1.26. The number of aliphatic carboxylic acids is 1. The zero-order valence-corrected chi connectivity index (χ0v) is 34.8. The van der Waals surface area contributed by atoms with Crippen LogP contribution in [0.15, 0.2) is 248 Å². The largest absolute Gasteiger partial charge is 0.477 e. The average Bonchev–Trinajstić information content (AvgIpc) is 3.36. The van der Waals surface area contributed by atoms with E-state index in [0.717, 1.165) is 73.4 Å². The molecule has 0 unspecified atom stereocenters. The molecule has 306 valence electrons. The van der Waals surface area contributed by atoms with E-state index in [4.69, 9.17) is 0 Å². The van der Waals surface area contributed by atoms with Gasteiger partial charge in [-0.2, -0.15) is 5.26 Å². The smallest absolute Gasteiger partial charge is 0.346 e. The van der Waals surface area contributed by atoms with Crippen molar-refractivity contribution in [2.75, 3.05) is 14.7 Å². The van der Waals surface area contributed by atoms with Crippen molar-refractivity contribution in [1.82, 2.24) is 0 Å². The monoisotopic (exact) mass is 826 g/mol. The first-order valence-corrected chi connectivity index (χ1v) is 21.0. The van der Waals surface area contributed by atoms with Crippen LogP contribution in [0, 0.1) is 11.3 Å². The summed E-state index contributed by atoms with van der Waals surface area (Å²) in [6.45, 7) is 0. The first-order valence-electron chi connectivity index (χ1n) is 21.0. The number of nitriles is 1. The van der Waals surface area contributed by atoms with Crippen LogP contribution in [0.4, 0.5) is 51.2 Å². The van der Waals surface area contributed by atoms with Gasteiger partial charge in [-0.15, -0.1) is 0 Å². The maximum atomic E-state index is 11.6. The average molecular weight is 827 g/mol. The fraction of sp³-hybridized carbons (Fsp3) is 0. The fourth-order valence-corrected chi connectivity index (χ4v) is 7.89. The van der Waals surface area contributed by atoms with Gasteiger partial charge in [-0.3, -0.25) is 0 Å². The number of carboxylic acid groups (broad SMARTS) is 1. The van der Waals surface area contributed by atoms with E-state index in [0.29, 0.717) is 5.56 Å². The van der Waals surface area contributed by atoms with Crippen molar-refractivity contribution < 1.29 is 9.90 Å². The molecule has 0 atom stereocenters. The van der Waals surface area contributed by atoms with Gasteiger partial charge in [0.1, 0.15) is 11.6 Å². The van der Waals surface area contributed by atoms with E-state index in [-0.39, 0.29) is 5.57 Å². The molecule has 0 saturated carbocycles. The quantitative estimate of drug-likeness (QED) is 0.0922. The van der Waals surface area contributed by atoms with Crippen LogP contribution in [0.5, 0.6) is 0 Å². The molecule has 0 amide bonds. The molecular formula is C58H42N4O2. The number of hydrogen-bond acceptors (Lipinski definition) is 5. The molecule has 0 fully saturated rings. The number of hydrogen-bond donors (Lipinski definition) is 1. The summed E-state index contributed by atoms with van der Waals surface area (Å²) in [4.78, 5) is 18.2. The van der Waals surface area contributed by atoms with Crippen LogP contribution in [0.1, 0.15) is 5.56 Å². The minimum atomic E-state index is -1.26. The summed E-state index contributed by atoms with van der Waals surface area (Å²) in [6, 6.07) is 85.1. The fourth-order valence-electron chi connectivity index (χ4n) is 7.89. The number of benzene rings is 9. The number of rotatable bonds is 13. The number of para-hydroxylation sites is 4. The van der Waals surface area contributed by atoms with Crippen molar-refractivity contribution in [1.29, 1.82) is 5.26 Å². The van der Waals surface area contributed by atoms with Gasteiger partial charge in [0.25, 0.3) is 0 Å². The number of nitrogens with zero attached hydrogens (tertiary/aromatic N) is 4. The molecule has 0 aromatic heterocycles. The van der Waals surface area contributed by atoms with Crippen molar-refractivity contribution >= 4 is 63.2 Å². The van der Waals surface area contributed by atoms with Gasteiger partial charge in [-0.1, -0.05) is 133 Å². The van der Waals surface area contributed by atoms with Crippen LogP contribution in [-0.4, -0.2) is 11.1 Å². The summed E-state index contributed by atoms with van der Waals surface area (Å²) in [5, 5.41) is 18.8. The molecule has 0 bridgehead atoms. The predicted octanol–water partition coefficient (Wildman–Crippen LogP) is 15.4. The van der Waals surface area contributed by atoms with E-state index >= 15 is 0 Å². The molecule has 0 saturated heterocycles. The Hall–Kier alpha value is -8.92. The van der Waals surface area contributed by atoms with Crippen LogP contribution in [-0.2, 0) is 4.79 Å². The Morgan fingerprint density at radius 1 is 0.344 bits per heavy atom. The van der Waals surface area contributed by atoms with Gasteiger partial charge in [0.05, 0.1) is 0 Å². The third-order valence-corrected chi connectivity index (χ3v) is 11.0. The molecule has 9 aromatic rings. The lowest BCUT2D eigenvalue weighted by Gasteiger charge is -2.26. The number of carbonyl (C=O) groups is 1. The SMILES string of the molecule is N#C/C(=C\c1ccc(N(c2ccc(-c3ccc(N(c4ccccc4)c4ccccc4)cc3)cc2)c2ccc(-c3ccc(N(c4ccccc4)c4ccccc4)cc3)cc2)cc1)C(=O)O. The van der Waals surface area contributed by atoms with Gasteiger partial charge < -0.3 is 19.8 Å². The summed E-state index contributed by atoms with van der Waals surface area (Å²) in [7, 11) is 0. The van der Waals surface area contributed by atoms with Gasteiger partial charge >= 0.3 is 5.97 Å². The zero-order valence-electron chi connectivity index (χ0n) is 34.8. The Kier molecular flexibility index (Phi) is 11.9. The van der Waals surface area contributed by atoms with Crippen molar-refractivity contribution in [3.63, 3.8) is 0 Å². The minimum Gasteiger partial charge on any atom is -0.477 e. The van der Waals surface area contributed by atoms with E-state index in [9.17, 15) is 15.2 Å². The Balaban J connectivity index is 1.01. The maximum Gasteiger partial charge on any atom is 0.346 e. The molecular weight excluding hydrogens is 785 g/mol. The molecule has 0 aliphatic carbocycles. The predicted molar refractivity (Wildman–Crippen MR) is 263 cm³/mol.